The van der Waals surface area contributed by atoms with Gasteiger partial charge in [0.25, 0.3) is 0 Å². The zero-order valence-electron chi connectivity index (χ0n) is 19.4. The lowest BCUT2D eigenvalue weighted by molar-refractivity contribution is -0.144. The summed E-state index contributed by atoms with van der Waals surface area (Å²) in [6.45, 7) is -1.32. The molecule has 0 aliphatic carbocycles. The van der Waals surface area contributed by atoms with Gasteiger partial charge in [0, 0.05) is 0 Å². The predicted octanol–water partition coefficient (Wildman–Crippen LogP) is 7.61. The van der Waals surface area contributed by atoms with E-state index in [1.807, 2.05) is 0 Å². The number of benzene rings is 3. The number of hydrogen-bond acceptors (Lipinski definition) is 0. The molecule has 0 fully saturated rings. The van der Waals surface area contributed by atoms with Gasteiger partial charge >= 0.3 is 30.9 Å². The molecule has 3 aromatic carbocycles. The van der Waals surface area contributed by atoms with Crippen molar-refractivity contribution in [2.75, 3.05) is 0 Å². The highest BCUT2D eigenvalue weighted by molar-refractivity contribution is 6.95. The summed E-state index contributed by atoms with van der Waals surface area (Å²) in [6.07, 6.45) is -27.0. The monoisotopic (exact) mass is 596 g/mol. The quantitative estimate of drug-likeness (QED) is 0.216. The van der Waals surface area contributed by atoms with Gasteiger partial charge in [0.15, 0.2) is 0 Å². The van der Waals surface area contributed by atoms with Gasteiger partial charge in [-0.1, -0.05) is 58.4 Å². The van der Waals surface area contributed by atoms with Crippen molar-refractivity contribution in [3.05, 3.63) is 88.0 Å². The first-order valence-corrected chi connectivity index (χ1v) is 10.6. The van der Waals surface area contributed by atoms with E-state index in [4.69, 9.17) is 0 Å². The Balaban J connectivity index is 2.52. The highest BCUT2D eigenvalue weighted by Gasteiger charge is 2.41. The molecule has 0 radical (unpaired) electrons. The third kappa shape index (κ3) is 7.05. The van der Waals surface area contributed by atoms with Gasteiger partial charge in [0.05, 0.1) is 27.8 Å². The average molecular weight is 596 g/mol. The fraction of sp³-hybridized carbons (Fsp3) is 0.250. The van der Waals surface area contributed by atoms with Crippen LogP contribution in [0.25, 0.3) is 0 Å². The van der Waals surface area contributed by atoms with Gasteiger partial charge in [0.2, 0.25) is 6.71 Å². The fourth-order valence-corrected chi connectivity index (χ4v) is 4.01. The Morgan fingerprint density at radius 3 is 0.825 bits per heavy atom. The number of halogens is 15. The SMILES string of the molecule is Cc1cc(B(c2cc(C(F)(F)F)cc(C(F)(F)F)c2)c2cc(C(F)(F)F)cc(C(F)(F)F)c2)cc(C(F)(F)F)c1. The second kappa shape index (κ2) is 9.94. The lowest BCUT2D eigenvalue weighted by Gasteiger charge is -2.23. The summed E-state index contributed by atoms with van der Waals surface area (Å²) in [5.41, 5.74) is -12.8. The summed E-state index contributed by atoms with van der Waals surface area (Å²) in [5, 5.41) is 0. The molecule has 0 bridgehead atoms. The first kappa shape index (κ1) is 31.2. The van der Waals surface area contributed by atoms with Crippen molar-refractivity contribution in [3.63, 3.8) is 0 Å². The molecule has 3 rings (SSSR count). The van der Waals surface area contributed by atoms with E-state index in [-0.39, 0.29) is 48.0 Å². The van der Waals surface area contributed by atoms with Gasteiger partial charge in [-0.05, 0) is 25.1 Å². The van der Waals surface area contributed by atoms with E-state index < -0.39 is 81.8 Å². The summed E-state index contributed by atoms with van der Waals surface area (Å²) in [7, 11) is 0. The van der Waals surface area contributed by atoms with Crippen molar-refractivity contribution in [2.24, 2.45) is 0 Å². The zero-order valence-corrected chi connectivity index (χ0v) is 19.4. The van der Waals surface area contributed by atoms with Gasteiger partial charge in [-0.15, -0.1) is 0 Å². The van der Waals surface area contributed by atoms with Crippen LogP contribution in [0.4, 0.5) is 65.9 Å². The summed E-state index contributed by atoms with van der Waals surface area (Å²) in [5.74, 6) is 0. The Labute approximate surface area is 215 Å². The molecule has 0 saturated heterocycles. The maximum atomic E-state index is 13.5. The molecule has 0 heterocycles. The van der Waals surface area contributed by atoms with Crippen molar-refractivity contribution in [3.8, 4) is 0 Å². The third-order valence-electron chi connectivity index (χ3n) is 5.65. The first-order chi connectivity index (χ1) is 17.9. The van der Waals surface area contributed by atoms with Crippen LogP contribution in [0.1, 0.15) is 33.4 Å². The number of alkyl halides is 15. The zero-order chi connectivity index (χ0) is 30.6. The topological polar surface area (TPSA) is 0 Å². The van der Waals surface area contributed by atoms with Crippen molar-refractivity contribution in [1.29, 1.82) is 0 Å². The van der Waals surface area contributed by atoms with Crippen molar-refractivity contribution in [2.45, 2.75) is 37.8 Å². The minimum atomic E-state index is -5.48. The molecule has 0 aromatic heterocycles. The maximum Gasteiger partial charge on any atom is 0.416 e. The molecule has 0 spiro atoms. The molecule has 16 heteroatoms. The third-order valence-corrected chi connectivity index (χ3v) is 5.65. The minimum absolute atomic E-state index is 0.0308. The van der Waals surface area contributed by atoms with Gasteiger partial charge in [-0.2, -0.15) is 65.9 Å². The normalized spacial score (nSPS) is 13.5. The molecule has 0 saturated carbocycles. The van der Waals surface area contributed by atoms with Crippen LogP contribution < -0.4 is 16.4 Å². The highest BCUT2D eigenvalue weighted by atomic mass is 19.4. The molecule has 216 valence electrons. The lowest BCUT2D eigenvalue weighted by Crippen LogP contribution is -2.53. The Bertz CT molecular complexity index is 1250. The number of rotatable bonds is 3. The molecule has 0 unspecified atom stereocenters. The molecular formula is C24H12BF15. The summed E-state index contributed by atoms with van der Waals surface area (Å²) < 4.78 is 203. The summed E-state index contributed by atoms with van der Waals surface area (Å²) in [6, 6.07) is 1.01. The second-order valence-electron chi connectivity index (χ2n) is 8.74. The van der Waals surface area contributed by atoms with Gasteiger partial charge in [-0.3, -0.25) is 0 Å². The van der Waals surface area contributed by atoms with Gasteiger partial charge in [0.1, 0.15) is 0 Å². The van der Waals surface area contributed by atoms with Crippen molar-refractivity contribution in [1.82, 2.24) is 0 Å². The van der Waals surface area contributed by atoms with E-state index in [2.05, 4.69) is 0 Å². The molecule has 0 N–H and O–H groups in total. The van der Waals surface area contributed by atoms with E-state index in [0.29, 0.717) is 6.07 Å². The predicted molar refractivity (Wildman–Crippen MR) is 114 cm³/mol. The minimum Gasteiger partial charge on any atom is -0.166 e. The molecule has 40 heavy (non-hydrogen) atoms. The van der Waals surface area contributed by atoms with E-state index in [1.165, 1.54) is 0 Å². The Morgan fingerprint density at radius 2 is 0.575 bits per heavy atom. The largest absolute Gasteiger partial charge is 0.416 e. The van der Waals surface area contributed by atoms with Crippen LogP contribution in [0.15, 0.2) is 54.6 Å². The Hall–Kier alpha value is -3.33. The lowest BCUT2D eigenvalue weighted by atomic mass is 9.36. The van der Waals surface area contributed by atoms with E-state index in [0.717, 1.165) is 13.0 Å². The van der Waals surface area contributed by atoms with Crippen LogP contribution in [0.2, 0.25) is 0 Å². The maximum absolute atomic E-state index is 13.5. The van der Waals surface area contributed by atoms with Crippen molar-refractivity contribution < 1.29 is 65.9 Å². The molecular weight excluding hydrogens is 584 g/mol. The molecule has 0 nitrogen and oxygen atoms in total. The molecule has 3 aromatic rings. The van der Waals surface area contributed by atoms with Crippen LogP contribution in [-0.4, -0.2) is 6.71 Å². The van der Waals surface area contributed by atoms with E-state index in [9.17, 15) is 65.9 Å². The Morgan fingerprint density at radius 1 is 0.350 bits per heavy atom. The van der Waals surface area contributed by atoms with E-state index in [1.54, 1.807) is 0 Å². The van der Waals surface area contributed by atoms with Gasteiger partial charge in [-0.25, -0.2) is 0 Å². The standard InChI is InChI=1S/C24H12BF15/c1-11-2-12(20(26,27)28)6-17(3-11)25(18-7-13(21(29,30)31)4-14(8-18)22(32,33)34)19-9-15(23(35,36)37)5-16(10-19)24(38,39)40/h2-10H,1H3. The highest BCUT2D eigenvalue weighted by Crippen LogP contribution is 2.37. The smallest absolute Gasteiger partial charge is 0.166 e. The average Bonchev–Trinajstić information content (AvgIpc) is 2.75. The number of aryl methyl sites for hydroxylation is 1. The van der Waals surface area contributed by atoms with Crippen LogP contribution in [0.5, 0.6) is 0 Å². The van der Waals surface area contributed by atoms with Crippen LogP contribution >= 0.6 is 0 Å². The summed E-state index contributed by atoms with van der Waals surface area (Å²) >= 11 is 0. The first-order valence-electron chi connectivity index (χ1n) is 10.6. The molecule has 0 aliphatic rings. The number of hydrogen-bond donors (Lipinski definition) is 0. The second-order valence-corrected chi connectivity index (χ2v) is 8.74. The molecule has 0 amide bonds. The molecule has 0 atom stereocenters. The molecule has 0 aliphatic heterocycles. The van der Waals surface area contributed by atoms with Gasteiger partial charge < -0.3 is 0 Å². The summed E-state index contributed by atoms with van der Waals surface area (Å²) in [4.78, 5) is 0. The van der Waals surface area contributed by atoms with E-state index >= 15 is 0 Å². The van der Waals surface area contributed by atoms with Crippen LogP contribution in [0, 0.1) is 6.92 Å². The van der Waals surface area contributed by atoms with Crippen LogP contribution in [0.3, 0.4) is 0 Å². The van der Waals surface area contributed by atoms with Crippen molar-refractivity contribution >= 4 is 23.1 Å². The fourth-order valence-electron chi connectivity index (χ4n) is 4.01. The Kier molecular flexibility index (Phi) is 7.76. The van der Waals surface area contributed by atoms with Crippen LogP contribution in [-0.2, 0) is 30.9 Å².